The molecule has 0 saturated heterocycles. The molecule has 3 aromatic rings. The molecule has 0 amide bonds. The zero-order valence-corrected chi connectivity index (χ0v) is 11.5. The van der Waals surface area contributed by atoms with Crippen molar-refractivity contribution in [2.75, 3.05) is 5.32 Å². The zero-order chi connectivity index (χ0) is 14.7. The van der Waals surface area contributed by atoms with E-state index >= 15 is 0 Å². The lowest BCUT2D eigenvalue weighted by atomic mass is 10.1. The number of hydrogen-bond acceptors (Lipinski definition) is 4. The summed E-state index contributed by atoms with van der Waals surface area (Å²) < 4.78 is 18.1. The molecule has 5 heteroatoms. The van der Waals surface area contributed by atoms with Gasteiger partial charge in [0.15, 0.2) is 0 Å². The highest BCUT2D eigenvalue weighted by atomic mass is 19.1. The maximum Gasteiger partial charge on any atom is 0.247 e. The fourth-order valence-electron chi connectivity index (χ4n) is 2.09. The van der Waals surface area contributed by atoms with E-state index in [1.807, 2.05) is 31.2 Å². The van der Waals surface area contributed by atoms with Gasteiger partial charge in [0.2, 0.25) is 12.3 Å². The second-order valence-corrected chi connectivity index (χ2v) is 4.74. The SMILES string of the molecule is CC(Nc1ccc(-c2nnco2)cc1)c1ccc(F)cc1. The number of nitrogens with zero attached hydrogens (tertiary/aromatic N) is 2. The van der Waals surface area contributed by atoms with Crippen LogP contribution in [0.25, 0.3) is 11.5 Å². The van der Waals surface area contributed by atoms with Gasteiger partial charge in [-0.15, -0.1) is 10.2 Å². The first kappa shape index (κ1) is 13.3. The summed E-state index contributed by atoms with van der Waals surface area (Å²) in [5.41, 5.74) is 2.86. The van der Waals surface area contributed by atoms with Gasteiger partial charge in [-0.2, -0.15) is 0 Å². The van der Waals surface area contributed by atoms with Gasteiger partial charge in [0.05, 0.1) is 0 Å². The highest BCUT2D eigenvalue weighted by Crippen LogP contribution is 2.22. The molecule has 1 atom stereocenters. The molecule has 0 spiro atoms. The van der Waals surface area contributed by atoms with Crippen LogP contribution >= 0.6 is 0 Å². The average Bonchev–Trinajstić information content (AvgIpc) is 3.03. The van der Waals surface area contributed by atoms with Crippen molar-refractivity contribution in [1.29, 1.82) is 0 Å². The van der Waals surface area contributed by atoms with Crippen LogP contribution in [0.1, 0.15) is 18.5 Å². The van der Waals surface area contributed by atoms with Gasteiger partial charge < -0.3 is 9.73 Å². The van der Waals surface area contributed by atoms with Crippen molar-refractivity contribution < 1.29 is 8.81 Å². The minimum Gasteiger partial charge on any atom is -0.423 e. The third-order valence-electron chi connectivity index (χ3n) is 3.25. The van der Waals surface area contributed by atoms with E-state index in [1.54, 1.807) is 12.1 Å². The van der Waals surface area contributed by atoms with E-state index in [-0.39, 0.29) is 11.9 Å². The normalized spacial score (nSPS) is 12.1. The first-order valence-corrected chi connectivity index (χ1v) is 6.61. The Morgan fingerprint density at radius 3 is 2.38 bits per heavy atom. The Bertz CT molecular complexity index is 693. The molecule has 1 aromatic heterocycles. The van der Waals surface area contributed by atoms with Crippen LogP contribution in [-0.2, 0) is 0 Å². The van der Waals surface area contributed by atoms with Crippen molar-refractivity contribution in [2.24, 2.45) is 0 Å². The summed E-state index contributed by atoms with van der Waals surface area (Å²) in [7, 11) is 0. The van der Waals surface area contributed by atoms with E-state index in [2.05, 4.69) is 15.5 Å². The third kappa shape index (κ3) is 3.08. The Morgan fingerprint density at radius 2 is 1.76 bits per heavy atom. The highest BCUT2D eigenvalue weighted by Gasteiger charge is 2.07. The molecule has 0 saturated carbocycles. The van der Waals surface area contributed by atoms with Gasteiger partial charge in [0.1, 0.15) is 5.82 Å². The van der Waals surface area contributed by atoms with Gasteiger partial charge in [-0.25, -0.2) is 4.39 Å². The Balaban J connectivity index is 1.71. The number of nitrogens with one attached hydrogen (secondary N) is 1. The molecule has 0 aliphatic heterocycles. The van der Waals surface area contributed by atoms with Crippen molar-refractivity contribution in [3.63, 3.8) is 0 Å². The van der Waals surface area contributed by atoms with Crippen LogP contribution in [0.3, 0.4) is 0 Å². The molecule has 1 heterocycles. The average molecular weight is 283 g/mol. The summed E-state index contributed by atoms with van der Waals surface area (Å²) in [4.78, 5) is 0. The quantitative estimate of drug-likeness (QED) is 0.784. The van der Waals surface area contributed by atoms with E-state index in [0.717, 1.165) is 16.8 Å². The van der Waals surface area contributed by atoms with Crippen LogP contribution in [-0.4, -0.2) is 10.2 Å². The molecular formula is C16H14FN3O. The smallest absolute Gasteiger partial charge is 0.247 e. The summed E-state index contributed by atoms with van der Waals surface area (Å²) in [5.74, 6) is 0.267. The van der Waals surface area contributed by atoms with Crippen LogP contribution in [0.5, 0.6) is 0 Å². The fraction of sp³-hybridized carbons (Fsp3) is 0.125. The zero-order valence-electron chi connectivity index (χ0n) is 11.5. The minimum absolute atomic E-state index is 0.0832. The summed E-state index contributed by atoms with van der Waals surface area (Å²) in [6.45, 7) is 2.03. The standard InChI is InChI=1S/C16H14FN3O/c1-11(12-2-6-14(17)7-3-12)19-15-8-4-13(5-9-15)16-20-18-10-21-16/h2-11,19H,1H3. The molecule has 3 rings (SSSR count). The van der Waals surface area contributed by atoms with E-state index in [0.29, 0.717) is 5.89 Å². The van der Waals surface area contributed by atoms with Gasteiger partial charge >= 0.3 is 0 Å². The molecule has 21 heavy (non-hydrogen) atoms. The molecule has 0 bridgehead atoms. The predicted molar refractivity (Wildman–Crippen MR) is 78.2 cm³/mol. The first-order valence-electron chi connectivity index (χ1n) is 6.61. The second kappa shape index (κ2) is 5.75. The van der Waals surface area contributed by atoms with Gasteiger partial charge in [0, 0.05) is 17.3 Å². The van der Waals surface area contributed by atoms with E-state index in [4.69, 9.17) is 4.42 Å². The summed E-state index contributed by atoms with van der Waals surface area (Å²) in [6, 6.07) is 14.3. The molecule has 1 unspecified atom stereocenters. The number of anilines is 1. The largest absolute Gasteiger partial charge is 0.423 e. The molecule has 0 fully saturated rings. The van der Waals surface area contributed by atoms with Crippen molar-refractivity contribution in [1.82, 2.24) is 10.2 Å². The Morgan fingerprint density at radius 1 is 1.05 bits per heavy atom. The first-order chi connectivity index (χ1) is 10.2. The summed E-state index contributed by atoms with van der Waals surface area (Å²) in [6.07, 6.45) is 1.30. The number of benzene rings is 2. The second-order valence-electron chi connectivity index (χ2n) is 4.74. The Hall–Kier alpha value is -2.69. The molecular weight excluding hydrogens is 269 g/mol. The van der Waals surface area contributed by atoms with Crippen molar-refractivity contribution in [3.8, 4) is 11.5 Å². The topological polar surface area (TPSA) is 51.0 Å². The molecule has 1 N–H and O–H groups in total. The Kier molecular flexibility index (Phi) is 3.64. The van der Waals surface area contributed by atoms with Crippen LogP contribution in [0, 0.1) is 5.82 Å². The molecule has 0 radical (unpaired) electrons. The predicted octanol–water partition coefficient (Wildman–Crippen LogP) is 4.05. The monoisotopic (exact) mass is 283 g/mol. The van der Waals surface area contributed by atoms with E-state index < -0.39 is 0 Å². The fourth-order valence-corrected chi connectivity index (χ4v) is 2.09. The molecule has 106 valence electrons. The van der Waals surface area contributed by atoms with Crippen LogP contribution in [0.2, 0.25) is 0 Å². The van der Waals surface area contributed by atoms with Gasteiger partial charge in [-0.05, 0) is 48.9 Å². The lowest BCUT2D eigenvalue weighted by Crippen LogP contribution is -2.06. The lowest BCUT2D eigenvalue weighted by Gasteiger charge is -2.15. The maximum atomic E-state index is 12.9. The van der Waals surface area contributed by atoms with Gasteiger partial charge in [-0.1, -0.05) is 12.1 Å². The molecule has 0 aliphatic carbocycles. The van der Waals surface area contributed by atoms with Crippen LogP contribution in [0.15, 0.2) is 59.3 Å². The Labute approximate surface area is 121 Å². The number of halogens is 1. The lowest BCUT2D eigenvalue weighted by molar-refractivity contribution is 0.568. The molecule has 2 aromatic carbocycles. The minimum atomic E-state index is -0.227. The summed E-state index contributed by atoms with van der Waals surface area (Å²) in [5, 5.41) is 10.9. The van der Waals surface area contributed by atoms with Crippen molar-refractivity contribution >= 4 is 5.69 Å². The van der Waals surface area contributed by atoms with E-state index in [9.17, 15) is 4.39 Å². The van der Waals surface area contributed by atoms with Crippen molar-refractivity contribution in [2.45, 2.75) is 13.0 Å². The highest BCUT2D eigenvalue weighted by molar-refractivity contribution is 5.58. The van der Waals surface area contributed by atoms with Crippen LogP contribution < -0.4 is 5.32 Å². The van der Waals surface area contributed by atoms with E-state index in [1.165, 1.54) is 18.5 Å². The molecule has 0 aliphatic rings. The number of hydrogen-bond donors (Lipinski definition) is 1. The van der Waals surface area contributed by atoms with Crippen LogP contribution in [0.4, 0.5) is 10.1 Å². The van der Waals surface area contributed by atoms with Crippen molar-refractivity contribution in [3.05, 3.63) is 66.3 Å². The number of rotatable bonds is 4. The number of aromatic nitrogens is 2. The molecule has 4 nitrogen and oxygen atoms in total. The summed E-state index contributed by atoms with van der Waals surface area (Å²) >= 11 is 0. The maximum absolute atomic E-state index is 12.9. The third-order valence-corrected chi connectivity index (χ3v) is 3.25. The van der Waals surface area contributed by atoms with Gasteiger partial charge in [-0.3, -0.25) is 0 Å². The van der Waals surface area contributed by atoms with Gasteiger partial charge in [0.25, 0.3) is 0 Å².